The van der Waals surface area contributed by atoms with Crippen molar-refractivity contribution < 1.29 is 9.90 Å². The first-order valence-corrected chi connectivity index (χ1v) is 4.59. The number of hydrogen-bond acceptors (Lipinski definition) is 3. The van der Waals surface area contributed by atoms with Crippen LogP contribution in [0.15, 0.2) is 0 Å². The number of amides is 1. The number of aliphatic hydroxyl groups excluding tert-OH is 1. The van der Waals surface area contributed by atoms with E-state index in [0.29, 0.717) is 13.0 Å². The second-order valence-electron chi connectivity index (χ2n) is 3.11. The van der Waals surface area contributed by atoms with Crippen molar-refractivity contribution in [3.63, 3.8) is 0 Å². The fourth-order valence-electron chi connectivity index (χ4n) is 1.00. The van der Waals surface area contributed by atoms with Gasteiger partial charge in [0.1, 0.15) is 6.10 Å². The minimum atomic E-state index is -1.03. The standard InChI is InChI=1S/C8H18N4O2/c9-7(14)6(13)4-2-1-3-5-12-8(10)11/h6,13H,1-5H2,(H2,9,14)(H4,10,11,12)/t6-/m0/s1. The van der Waals surface area contributed by atoms with E-state index in [9.17, 15) is 4.79 Å². The highest BCUT2D eigenvalue weighted by atomic mass is 16.3. The Morgan fingerprint density at radius 1 is 1.36 bits per heavy atom. The zero-order chi connectivity index (χ0) is 11.0. The summed E-state index contributed by atoms with van der Waals surface area (Å²) in [6.45, 7) is 0.641. The maximum Gasteiger partial charge on any atom is 0.246 e. The number of primary amides is 1. The van der Waals surface area contributed by atoms with Crippen LogP contribution >= 0.6 is 0 Å². The molecule has 0 aromatic heterocycles. The van der Waals surface area contributed by atoms with Crippen molar-refractivity contribution in [2.75, 3.05) is 6.54 Å². The summed E-state index contributed by atoms with van der Waals surface area (Å²) in [4.78, 5) is 10.4. The van der Waals surface area contributed by atoms with Gasteiger partial charge in [0.25, 0.3) is 0 Å². The average molecular weight is 202 g/mol. The molecule has 0 fully saturated rings. The second kappa shape index (κ2) is 7.14. The number of nitrogens with two attached hydrogens (primary N) is 2. The Morgan fingerprint density at radius 3 is 2.50 bits per heavy atom. The van der Waals surface area contributed by atoms with E-state index in [1.165, 1.54) is 0 Å². The van der Waals surface area contributed by atoms with Crippen LogP contribution in [0.4, 0.5) is 0 Å². The van der Waals surface area contributed by atoms with Crippen LogP contribution in [-0.4, -0.2) is 29.6 Å². The van der Waals surface area contributed by atoms with Gasteiger partial charge < -0.3 is 21.9 Å². The lowest BCUT2D eigenvalue weighted by atomic mass is 10.1. The molecule has 0 saturated carbocycles. The SMILES string of the molecule is N=C(N)NCCCCC[C@H](O)C(N)=O. The Hall–Kier alpha value is -1.30. The number of unbranched alkanes of at least 4 members (excludes halogenated alkanes) is 2. The Kier molecular flexibility index (Phi) is 6.47. The van der Waals surface area contributed by atoms with E-state index in [4.69, 9.17) is 22.0 Å². The molecular weight excluding hydrogens is 184 g/mol. The number of rotatable bonds is 7. The summed E-state index contributed by atoms with van der Waals surface area (Å²) >= 11 is 0. The van der Waals surface area contributed by atoms with Crippen LogP contribution in [0, 0.1) is 5.41 Å². The molecule has 0 unspecified atom stereocenters. The largest absolute Gasteiger partial charge is 0.383 e. The third-order valence-corrected chi connectivity index (χ3v) is 1.80. The van der Waals surface area contributed by atoms with E-state index >= 15 is 0 Å². The van der Waals surface area contributed by atoms with Gasteiger partial charge in [0.05, 0.1) is 0 Å². The Bertz CT molecular complexity index is 196. The molecule has 0 bridgehead atoms. The van der Waals surface area contributed by atoms with Gasteiger partial charge in [-0.3, -0.25) is 10.2 Å². The Labute approximate surface area is 83.2 Å². The maximum atomic E-state index is 10.4. The quantitative estimate of drug-likeness (QED) is 0.203. The van der Waals surface area contributed by atoms with Crippen LogP contribution in [0.3, 0.4) is 0 Å². The van der Waals surface area contributed by atoms with Gasteiger partial charge in [-0.15, -0.1) is 0 Å². The van der Waals surface area contributed by atoms with Crippen LogP contribution in [0.5, 0.6) is 0 Å². The van der Waals surface area contributed by atoms with Crippen molar-refractivity contribution in [3.8, 4) is 0 Å². The summed E-state index contributed by atoms with van der Waals surface area (Å²) in [6.07, 6.45) is 1.82. The smallest absolute Gasteiger partial charge is 0.246 e. The van der Waals surface area contributed by atoms with Crippen molar-refractivity contribution >= 4 is 11.9 Å². The van der Waals surface area contributed by atoms with Gasteiger partial charge in [0.15, 0.2) is 5.96 Å². The van der Waals surface area contributed by atoms with Gasteiger partial charge in [-0.1, -0.05) is 12.8 Å². The van der Waals surface area contributed by atoms with Crippen LogP contribution in [0.2, 0.25) is 0 Å². The molecule has 0 aliphatic carbocycles. The minimum absolute atomic E-state index is 0.0397. The summed E-state index contributed by atoms with van der Waals surface area (Å²) in [6, 6.07) is 0. The van der Waals surface area contributed by atoms with Gasteiger partial charge in [0.2, 0.25) is 5.91 Å². The predicted molar refractivity (Wildman–Crippen MR) is 53.6 cm³/mol. The van der Waals surface area contributed by atoms with Crippen molar-refractivity contribution in [2.24, 2.45) is 11.5 Å². The van der Waals surface area contributed by atoms with E-state index in [1.807, 2.05) is 0 Å². The lowest BCUT2D eigenvalue weighted by Gasteiger charge is -2.06. The second-order valence-corrected chi connectivity index (χ2v) is 3.11. The fraction of sp³-hybridized carbons (Fsp3) is 0.750. The van der Waals surface area contributed by atoms with Gasteiger partial charge in [-0.05, 0) is 12.8 Å². The molecule has 0 rings (SSSR count). The molecule has 0 radical (unpaired) electrons. The zero-order valence-corrected chi connectivity index (χ0v) is 8.12. The first-order chi connectivity index (χ1) is 6.54. The number of nitrogens with one attached hydrogen (secondary N) is 2. The topological polar surface area (TPSA) is 125 Å². The molecule has 0 aliphatic rings. The molecule has 82 valence electrons. The average Bonchev–Trinajstić information content (AvgIpc) is 2.09. The van der Waals surface area contributed by atoms with Crippen molar-refractivity contribution in [1.82, 2.24) is 5.32 Å². The number of carbonyl (C=O) groups excluding carboxylic acids is 1. The van der Waals surface area contributed by atoms with E-state index < -0.39 is 12.0 Å². The summed E-state index contributed by atoms with van der Waals surface area (Å²) in [5, 5.41) is 18.6. The lowest BCUT2D eigenvalue weighted by Crippen LogP contribution is -2.31. The number of guanidine groups is 1. The monoisotopic (exact) mass is 202 g/mol. The molecular formula is C8H18N4O2. The first kappa shape index (κ1) is 12.7. The molecule has 0 aromatic carbocycles. The molecule has 0 spiro atoms. The molecule has 1 atom stereocenters. The molecule has 0 heterocycles. The minimum Gasteiger partial charge on any atom is -0.383 e. The molecule has 0 aliphatic heterocycles. The summed E-state index contributed by atoms with van der Waals surface area (Å²) < 4.78 is 0. The molecule has 6 heteroatoms. The summed E-state index contributed by atoms with van der Waals surface area (Å²) in [5.41, 5.74) is 9.94. The molecule has 14 heavy (non-hydrogen) atoms. The van der Waals surface area contributed by atoms with Crippen LogP contribution in [0.1, 0.15) is 25.7 Å². The van der Waals surface area contributed by atoms with Crippen molar-refractivity contribution in [2.45, 2.75) is 31.8 Å². The lowest BCUT2D eigenvalue weighted by molar-refractivity contribution is -0.126. The maximum absolute atomic E-state index is 10.4. The van der Waals surface area contributed by atoms with E-state index in [0.717, 1.165) is 19.3 Å². The highest BCUT2D eigenvalue weighted by Gasteiger charge is 2.08. The third-order valence-electron chi connectivity index (χ3n) is 1.80. The molecule has 1 amide bonds. The van der Waals surface area contributed by atoms with Crippen LogP contribution in [-0.2, 0) is 4.79 Å². The fourth-order valence-corrected chi connectivity index (χ4v) is 1.00. The number of hydrogen-bond donors (Lipinski definition) is 5. The summed E-state index contributed by atoms with van der Waals surface area (Å²) in [5.74, 6) is -0.714. The van der Waals surface area contributed by atoms with Crippen LogP contribution in [0.25, 0.3) is 0 Å². The molecule has 0 aromatic rings. The highest BCUT2D eigenvalue weighted by molar-refractivity contribution is 5.78. The van der Waals surface area contributed by atoms with E-state index in [1.54, 1.807) is 0 Å². The third kappa shape index (κ3) is 7.35. The summed E-state index contributed by atoms with van der Waals surface area (Å²) in [7, 11) is 0. The number of carbonyl (C=O) groups is 1. The van der Waals surface area contributed by atoms with Gasteiger partial charge in [-0.25, -0.2) is 0 Å². The Morgan fingerprint density at radius 2 is 2.00 bits per heavy atom. The van der Waals surface area contributed by atoms with Crippen molar-refractivity contribution in [3.05, 3.63) is 0 Å². The zero-order valence-electron chi connectivity index (χ0n) is 8.12. The first-order valence-electron chi connectivity index (χ1n) is 4.59. The van der Waals surface area contributed by atoms with E-state index in [2.05, 4.69) is 5.32 Å². The molecule has 6 nitrogen and oxygen atoms in total. The van der Waals surface area contributed by atoms with Crippen molar-refractivity contribution in [1.29, 1.82) is 5.41 Å². The van der Waals surface area contributed by atoms with E-state index in [-0.39, 0.29) is 5.96 Å². The van der Waals surface area contributed by atoms with Crippen LogP contribution < -0.4 is 16.8 Å². The highest BCUT2D eigenvalue weighted by Crippen LogP contribution is 2.02. The predicted octanol–water partition coefficient (Wildman–Crippen LogP) is -1.12. The van der Waals surface area contributed by atoms with Gasteiger partial charge >= 0.3 is 0 Å². The molecule has 0 saturated heterocycles. The normalized spacial score (nSPS) is 12.1. The van der Waals surface area contributed by atoms with Gasteiger partial charge in [0, 0.05) is 6.54 Å². The molecule has 7 N–H and O–H groups in total. The van der Waals surface area contributed by atoms with Gasteiger partial charge in [-0.2, -0.15) is 0 Å². The number of aliphatic hydroxyl groups is 1. The Balaban J connectivity index is 3.21.